The molecule has 0 N–H and O–H groups in total. The van der Waals surface area contributed by atoms with Gasteiger partial charge in [0.1, 0.15) is 5.60 Å². The van der Waals surface area contributed by atoms with Crippen LogP contribution in [0.5, 0.6) is 0 Å². The van der Waals surface area contributed by atoms with E-state index in [-0.39, 0.29) is 11.5 Å². The van der Waals surface area contributed by atoms with Gasteiger partial charge >= 0.3 is 5.97 Å². The summed E-state index contributed by atoms with van der Waals surface area (Å²) in [7, 11) is 3.90. The Hall–Kier alpha value is -1.73. The fourth-order valence-electron chi connectivity index (χ4n) is 5.07. The van der Waals surface area contributed by atoms with Crippen molar-refractivity contribution in [1.29, 1.82) is 0 Å². The number of carbonyl (C=O) groups excluding carboxylic acids is 1. The summed E-state index contributed by atoms with van der Waals surface area (Å²) in [6.45, 7) is 12.6. The molecule has 0 saturated heterocycles. The highest BCUT2D eigenvalue weighted by Gasteiger charge is 2.58. The van der Waals surface area contributed by atoms with Gasteiger partial charge in [-0.3, -0.25) is 0 Å². The van der Waals surface area contributed by atoms with Crippen LogP contribution >= 0.6 is 32.3 Å². The number of carbonyl (C=O) groups is 1. The molecule has 0 saturated carbocycles. The van der Waals surface area contributed by atoms with Crippen LogP contribution in [0.4, 0.5) is 0 Å². The van der Waals surface area contributed by atoms with Crippen molar-refractivity contribution in [1.82, 2.24) is 7.85 Å². The first-order chi connectivity index (χ1) is 16.2. The third-order valence-corrected chi connectivity index (χ3v) is 10.1. The number of halogens is 2. The van der Waals surface area contributed by atoms with Gasteiger partial charge in [-0.2, -0.15) is 0 Å². The summed E-state index contributed by atoms with van der Waals surface area (Å²) in [5, 5.41) is 6.67. The molecule has 4 rings (SSSR count). The van der Waals surface area contributed by atoms with E-state index in [1.54, 1.807) is 0 Å². The quantitative estimate of drug-likeness (QED) is 0.121. The highest BCUT2D eigenvalue weighted by atomic mass is 79.9. The smallest absolute Gasteiger partial charge is 0.339 e. The van der Waals surface area contributed by atoms with Crippen LogP contribution in [-0.2, 0) is 4.74 Å². The SMILES string of the molecule is C[C](N(C)Br)C(C)(OC(=O)c1ccc2ccc3cccc4ccc1c2c34)C(C)(C)C(C)(C)N(C)Br. The van der Waals surface area contributed by atoms with E-state index >= 15 is 0 Å². The molecule has 0 aliphatic carbocycles. The summed E-state index contributed by atoms with van der Waals surface area (Å²) < 4.78 is 10.4. The normalized spacial score (nSPS) is 15.1. The summed E-state index contributed by atoms with van der Waals surface area (Å²) in [6.07, 6.45) is 0. The van der Waals surface area contributed by atoms with E-state index in [2.05, 4.69) is 96.4 Å². The van der Waals surface area contributed by atoms with Crippen LogP contribution in [0.15, 0.2) is 54.6 Å². The number of hydrogen-bond donors (Lipinski definition) is 0. The number of ether oxygens (including phenoxy) is 1. The molecular formula is C29H33Br2N2O2. The van der Waals surface area contributed by atoms with E-state index in [9.17, 15) is 4.79 Å². The second-order valence-corrected chi connectivity index (χ2v) is 12.7. The summed E-state index contributed by atoms with van der Waals surface area (Å²) in [4.78, 5) is 14.0. The minimum atomic E-state index is -0.933. The largest absolute Gasteiger partial charge is 0.453 e. The van der Waals surface area contributed by atoms with E-state index in [1.807, 2.05) is 54.0 Å². The van der Waals surface area contributed by atoms with Crippen molar-refractivity contribution in [3.8, 4) is 0 Å². The van der Waals surface area contributed by atoms with E-state index in [0.717, 1.165) is 22.2 Å². The fourth-order valence-corrected chi connectivity index (χ4v) is 5.85. The van der Waals surface area contributed by atoms with Crippen LogP contribution in [-0.4, -0.2) is 39.1 Å². The molecular weight excluding hydrogens is 568 g/mol. The molecule has 0 aliphatic rings. The van der Waals surface area contributed by atoms with E-state index in [0.29, 0.717) is 5.56 Å². The molecule has 185 valence electrons. The van der Waals surface area contributed by atoms with E-state index in [1.165, 1.54) is 16.2 Å². The zero-order chi connectivity index (χ0) is 25.9. The number of benzene rings is 4. The van der Waals surface area contributed by atoms with Crippen molar-refractivity contribution >= 4 is 70.6 Å². The van der Waals surface area contributed by atoms with Gasteiger partial charge in [-0.1, -0.05) is 62.4 Å². The van der Waals surface area contributed by atoms with Crippen LogP contribution in [0, 0.1) is 11.5 Å². The van der Waals surface area contributed by atoms with Gasteiger partial charge in [0.2, 0.25) is 0 Å². The molecule has 0 fully saturated rings. The summed E-state index contributed by atoms with van der Waals surface area (Å²) in [5.41, 5.74) is -1.22. The first-order valence-electron chi connectivity index (χ1n) is 11.8. The number of rotatable bonds is 7. The Kier molecular flexibility index (Phi) is 6.76. The molecule has 35 heavy (non-hydrogen) atoms. The lowest BCUT2D eigenvalue weighted by atomic mass is 9.61. The fraction of sp³-hybridized carbons (Fsp3) is 0.379. The second kappa shape index (κ2) is 8.98. The number of esters is 1. The van der Waals surface area contributed by atoms with Crippen LogP contribution in [0.3, 0.4) is 0 Å². The standard InChI is InChI=1S/C29H33Br2N2O2/c1-18(32(7)30)29(6,27(2,3)28(4,5)33(8)31)35-26(34)23-17-15-21-13-12-19-10-9-11-20-14-16-22(23)25(21)24(19)20/h9-17H,1-8H3. The van der Waals surface area contributed by atoms with Crippen molar-refractivity contribution in [2.75, 3.05) is 14.1 Å². The molecule has 1 unspecified atom stereocenters. The van der Waals surface area contributed by atoms with Crippen LogP contribution in [0.1, 0.15) is 51.9 Å². The first kappa shape index (κ1) is 26.3. The van der Waals surface area contributed by atoms with Gasteiger partial charge in [0.25, 0.3) is 0 Å². The Labute approximate surface area is 225 Å². The van der Waals surface area contributed by atoms with Gasteiger partial charge in [0, 0.05) is 43.2 Å². The van der Waals surface area contributed by atoms with Gasteiger partial charge < -0.3 is 4.74 Å². The molecule has 1 atom stereocenters. The maximum absolute atomic E-state index is 14.0. The van der Waals surface area contributed by atoms with Crippen molar-refractivity contribution < 1.29 is 9.53 Å². The topological polar surface area (TPSA) is 32.8 Å². The third kappa shape index (κ3) is 3.97. The monoisotopic (exact) mass is 599 g/mol. The van der Waals surface area contributed by atoms with Gasteiger partial charge in [-0.05, 0) is 80.2 Å². The zero-order valence-corrected chi connectivity index (χ0v) is 24.8. The minimum Gasteiger partial charge on any atom is -0.453 e. The zero-order valence-electron chi connectivity index (χ0n) is 21.7. The molecule has 0 heterocycles. The highest BCUT2D eigenvalue weighted by molar-refractivity contribution is 9.07. The van der Waals surface area contributed by atoms with Crippen molar-refractivity contribution in [3.63, 3.8) is 0 Å². The maximum atomic E-state index is 14.0. The summed E-state index contributed by atoms with van der Waals surface area (Å²) >= 11 is 7.23. The maximum Gasteiger partial charge on any atom is 0.339 e. The Bertz CT molecular complexity index is 1380. The predicted molar refractivity (Wildman–Crippen MR) is 154 cm³/mol. The van der Waals surface area contributed by atoms with Gasteiger partial charge in [0.05, 0.1) is 11.6 Å². The lowest BCUT2D eigenvalue weighted by Crippen LogP contribution is -2.64. The van der Waals surface area contributed by atoms with Crippen LogP contribution in [0.25, 0.3) is 32.3 Å². The Morgan fingerprint density at radius 3 is 1.86 bits per heavy atom. The minimum absolute atomic E-state index is 0.333. The molecule has 1 radical (unpaired) electrons. The van der Waals surface area contributed by atoms with Gasteiger partial charge in [-0.25, -0.2) is 12.6 Å². The average molecular weight is 601 g/mol. The van der Waals surface area contributed by atoms with E-state index < -0.39 is 11.0 Å². The lowest BCUT2D eigenvalue weighted by molar-refractivity contribution is -0.115. The molecule has 0 amide bonds. The lowest BCUT2D eigenvalue weighted by Gasteiger charge is -2.56. The molecule has 0 spiro atoms. The summed E-state index contributed by atoms with van der Waals surface area (Å²) in [6, 6.07) is 19.5. The third-order valence-electron chi connectivity index (χ3n) is 8.69. The predicted octanol–water partition coefficient (Wildman–Crippen LogP) is 8.34. The van der Waals surface area contributed by atoms with Gasteiger partial charge in [-0.15, -0.1) is 0 Å². The van der Waals surface area contributed by atoms with Crippen molar-refractivity contribution in [2.24, 2.45) is 5.41 Å². The molecule has 6 heteroatoms. The Morgan fingerprint density at radius 2 is 1.31 bits per heavy atom. The highest BCUT2D eigenvalue weighted by Crippen LogP contribution is 2.52. The number of nitrogens with zero attached hydrogens (tertiary/aromatic N) is 2. The number of likely N-dealkylation sites (N-methyl/N-ethyl adjacent to an activating group) is 1. The molecule has 4 aromatic rings. The molecule has 0 aliphatic heterocycles. The van der Waals surface area contributed by atoms with Gasteiger partial charge in [0.15, 0.2) is 0 Å². The average Bonchev–Trinajstić information content (AvgIpc) is 2.81. The Morgan fingerprint density at radius 1 is 0.800 bits per heavy atom. The molecule has 0 bridgehead atoms. The van der Waals surface area contributed by atoms with Crippen LogP contribution < -0.4 is 0 Å². The molecule has 0 aromatic heterocycles. The van der Waals surface area contributed by atoms with Crippen LogP contribution in [0.2, 0.25) is 0 Å². The number of hydrogen-bond acceptors (Lipinski definition) is 4. The second-order valence-electron chi connectivity index (χ2n) is 10.6. The Balaban J connectivity index is 1.88. The van der Waals surface area contributed by atoms with E-state index in [4.69, 9.17) is 4.74 Å². The van der Waals surface area contributed by atoms with Crippen molar-refractivity contribution in [2.45, 2.75) is 52.7 Å². The van der Waals surface area contributed by atoms with Crippen molar-refractivity contribution in [3.05, 3.63) is 66.2 Å². The molecule has 4 aromatic carbocycles. The molecule has 4 nitrogen and oxygen atoms in total. The summed E-state index contributed by atoms with van der Waals surface area (Å²) in [5.74, 6) is -0.333. The first-order valence-corrected chi connectivity index (χ1v) is 13.2.